The minimum Gasteiger partial charge on any atom is -0.481 e. The van der Waals surface area contributed by atoms with Crippen LogP contribution in [0.3, 0.4) is 0 Å². The number of aromatic nitrogens is 1. The molecule has 3 rings (SSSR count). The molecule has 1 aromatic heterocycles. The number of carbonyl (C=O) groups is 1. The van der Waals surface area contributed by atoms with Crippen molar-refractivity contribution in [2.24, 2.45) is 0 Å². The molecular weight excluding hydrogens is 316 g/mol. The third-order valence-electron chi connectivity index (χ3n) is 4.79. The zero-order valence-electron chi connectivity index (χ0n) is 14.7. The van der Waals surface area contributed by atoms with Gasteiger partial charge in [0, 0.05) is 31.8 Å². The number of amides is 1. The summed E-state index contributed by atoms with van der Waals surface area (Å²) in [5.74, 6) is 0.440. The van der Waals surface area contributed by atoms with E-state index in [0.717, 1.165) is 5.56 Å². The number of rotatable bonds is 4. The van der Waals surface area contributed by atoms with Crippen molar-refractivity contribution in [3.05, 3.63) is 59.3 Å². The highest BCUT2D eigenvalue weighted by atomic mass is 16.5. The standard InChI is InChI=1S/C20H24N2O3/c1-15-4-3-5-16(12-15)13-20(24)8-10-22(11-9-20)19(23)17-6-7-18(25-2)21-14-17/h3-7,12,14,24H,8-11,13H2,1-2H3. The fourth-order valence-corrected chi connectivity index (χ4v) is 3.32. The van der Waals surface area contributed by atoms with Crippen molar-refractivity contribution in [1.82, 2.24) is 9.88 Å². The average molecular weight is 340 g/mol. The Morgan fingerprint density at radius 3 is 2.64 bits per heavy atom. The smallest absolute Gasteiger partial charge is 0.255 e. The fraction of sp³-hybridized carbons (Fsp3) is 0.400. The average Bonchev–Trinajstić information content (AvgIpc) is 2.61. The van der Waals surface area contributed by atoms with Crippen LogP contribution in [0.4, 0.5) is 0 Å². The topological polar surface area (TPSA) is 62.7 Å². The van der Waals surface area contributed by atoms with E-state index in [1.165, 1.54) is 11.8 Å². The number of hydrogen-bond acceptors (Lipinski definition) is 4. The van der Waals surface area contributed by atoms with E-state index >= 15 is 0 Å². The molecule has 25 heavy (non-hydrogen) atoms. The van der Waals surface area contributed by atoms with Gasteiger partial charge in [-0.05, 0) is 31.4 Å². The maximum atomic E-state index is 12.6. The number of methoxy groups -OCH3 is 1. The van der Waals surface area contributed by atoms with Crippen molar-refractivity contribution in [2.75, 3.05) is 20.2 Å². The van der Waals surface area contributed by atoms with Crippen molar-refractivity contribution in [2.45, 2.75) is 31.8 Å². The summed E-state index contributed by atoms with van der Waals surface area (Å²) in [5, 5.41) is 10.9. The number of piperidine rings is 1. The molecule has 0 aliphatic carbocycles. The molecule has 0 bridgehead atoms. The molecule has 1 fully saturated rings. The predicted octanol–water partition coefficient (Wildman–Crippen LogP) is 2.61. The number of hydrogen-bond donors (Lipinski definition) is 1. The van der Waals surface area contributed by atoms with Crippen LogP contribution in [0.1, 0.15) is 34.3 Å². The molecule has 1 aromatic carbocycles. The maximum Gasteiger partial charge on any atom is 0.255 e. The second-order valence-corrected chi connectivity index (χ2v) is 6.77. The van der Waals surface area contributed by atoms with Gasteiger partial charge in [0.15, 0.2) is 0 Å². The Bertz CT molecular complexity index is 735. The molecule has 1 amide bonds. The highest BCUT2D eigenvalue weighted by Crippen LogP contribution is 2.27. The van der Waals surface area contributed by atoms with Crippen molar-refractivity contribution in [1.29, 1.82) is 0 Å². The summed E-state index contributed by atoms with van der Waals surface area (Å²) in [7, 11) is 1.55. The maximum absolute atomic E-state index is 12.6. The van der Waals surface area contributed by atoms with Gasteiger partial charge in [0.2, 0.25) is 5.88 Å². The summed E-state index contributed by atoms with van der Waals surface area (Å²) in [6.45, 7) is 3.15. The summed E-state index contributed by atoms with van der Waals surface area (Å²) < 4.78 is 5.02. The number of carbonyl (C=O) groups excluding carboxylic acids is 1. The van der Waals surface area contributed by atoms with Crippen molar-refractivity contribution in [3.8, 4) is 5.88 Å². The van der Waals surface area contributed by atoms with Crippen molar-refractivity contribution in [3.63, 3.8) is 0 Å². The van der Waals surface area contributed by atoms with Crippen LogP contribution in [0.5, 0.6) is 5.88 Å². The molecule has 2 heterocycles. The molecule has 0 unspecified atom stereocenters. The summed E-state index contributed by atoms with van der Waals surface area (Å²) in [6.07, 6.45) is 3.32. The number of ether oxygens (including phenoxy) is 1. The van der Waals surface area contributed by atoms with E-state index in [0.29, 0.717) is 43.8 Å². The van der Waals surface area contributed by atoms with Gasteiger partial charge in [0.05, 0.1) is 18.3 Å². The number of nitrogens with zero attached hydrogens (tertiary/aromatic N) is 2. The SMILES string of the molecule is COc1ccc(C(=O)N2CCC(O)(Cc3cccc(C)c3)CC2)cn1. The number of likely N-dealkylation sites (tertiary alicyclic amines) is 1. The molecule has 132 valence electrons. The van der Waals surface area contributed by atoms with E-state index < -0.39 is 5.60 Å². The van der Waals surface area contributed by atoms with E-state index in [2.05, 4.69) is 24.0 Å². The summed E-state index contributed by atoms with van der Waals surface area (Å²) >= 11 is 0. The third-order valence-corrected chi connectivity index (χ3v) is 4.79. The Kier molecular flexibility index (Phi) is 5.04. The minimum atomic E-state index is -0.747. The molecule has 1 N–H and O–H groups in total. The molecule has 0 saturated carbocycles. The summed E-state index contributed by atoms with van der Waals surface area (Å²) in [4.78, 5) is 18.4. The predicted molar refractivity (Wildman–Crippen MR) is 95.8 cm³/mol. The Balaban J connectivity index is 1.61. The lowest BCUT2D eigenvalue weighted by molar-refractivity contribution is -0.0162. The van der Waals surface area contributed by atoms with E-state index in [9.17, 15) is 9.90 Å². The lowest BCUT2D eigenvalue weighted by Gasteiger charge is -2.38. The largest absolute Gasteiger partial charge is 0.481 e. The Labute approximate surface area is 148 Å². The van der Waals surface area contributed by atoms with E-state index in [1.807, 2.05) is 12.1 Å². The zero-order valence-corrected chi connectivity index (χ0v) is 14.7. The number of benzene rings is 1. The first-order valence-corrected chi connectivity index (χ1v) is 8.56. The molecule has 5 nitrogen and oxygen atoms in total. The molecule has 1 aliphatic heterocycles. The van der Waals surface area contributed by atoms with Gasteiger partial charge in [0.25, 0.3) is 5.91 Å². The van der Waals surface area contributed by atoms with Crippen LogP contribution in [0.2, 0.25) is 0 Å². The van der Waals surface area contributed by atoms with E-state index in [4.69, 9.17) is 4.74 Å². The first kappa shape index (κ1) is 17.4. The van der Waals surface area contributed by atoms with Crippen LogP contribution >= 0.6 is 0 Å². The quantitative estimate of drug-likeness (QED) is 0.929. The minimum absolute atomic E-state index is 0.0484. The van der Waals surface area contributed by atoms with Gasteiger partial charge in [-0.15, -0.1) is 0 Å². The molecule has 0 spiro atoms. The van der Waals surface area contributed by atoms with E-state index in [-0.39, 0.29) is 5.91 Å². The molecular formula is C20H24N2O3. The lowest BCUT2D eigenvalue weighted by atomic mass is 9.85. The molecule has 1 aliphatic rings. The van der Waals surface area contributed by atoms with Gasteiger partial charge in [-0.1, -0.05) is 29.8 Å². The fourth-order valence-electron chi connectivity index (χ4n) is 3.32. The van der Waals surface area contributed by atoms with Gasteiger partial charge >= 0.3 is 0 Å². The second kappa shape index (κ2) is 7.23. The molecule has 2 aromatic rings. The Hall–Kier alpha value is -2.40. The van der Waals surface area contributed by atoms with Crippen LogP contribution in [-0.4, -0.2) is 46.7 Å². The van der Waals surface area contributed by atoms with Gasteiger partial charge in [0.1, 0.15) is 0 Å². The Morgan fingerprint density at radius 1 is 1.28 bits per heavy atom. The highest BCUT2D eigenvalue weighted by Gasteiger charge is 2.34. The number of pyridine rings is 1. The van der Waals surface area contributed by atoms with Crippen molar-refractivity contribution < 1.29 is 14.6 Å². The summed E-state index contributed by atoms with van der Waals surface area (Å²) in [5.41, 5.74) is 2.13. The normalized spacial score (nSPS) is 16.5. The molecule has 1 saturated heterocycles. The Morgan fingerprint density at radius 2 is 2.04 bits per heavy atom. The van der Waals surface area contributed by atoms with Crippen LogP contribution in [0.25, 0.3) is 0 Å². The second-order valence-electron chi connectivity index (χ2n) is 6.77. The van der Waals surface area contributed by atoms with Crippen LogP contribution < -0.4 is 4.74 Å². The van der Waals surface area contributed by atoms with Crippen LogP contribution in [0.15, 0.2) is 42.6 Å². The highest BCUT2D eigenvalue weighted by molar-refractivity contribution is 5.94. The van der Waals surface area contributed by atoms with Crippen LogP contribution in [0, 0.1) is 6.92 Å². The number of aryl methyl sites for hydroxylation is 1. The monoisotopic (exact) mass is 340 g/mol. The first-order chi connectivity index (χ1) is 12.0. The van der Waals surface area contributed by atoms with Gasteiger partial charge < -0.3 is 14.7 Å². The van der Waals surface area contributed by atoms with Gasteiger partial charge in [-0.3, -0.25) is 4.79 Å². The first-order valence-electron chi connectivity index (χ1n) is 8.56. The van der Waals surface area contributed by atoms with E-state index in [1.54, 1.807) is 24.1 Å². The van der Waals surface area contributed by atoms with Crippen LogP contribution in [-0.2, 0) is 6.42 Å². The van der Waals surface area contributed by atoms with Gasteiger partial charge in [-0.2, -0.15) is 0 Å². The molecule has 5 heteroatoms. The van der Waals surface area contributed by atoms with Gasteiger partial charge in [-0.25, -0.2) is 4.98 Å². The number of aliphatic hydroxyl groups is 1. The summed E-state index contributed by atoms with van der Waals surface area (Å²) in [6, 6.07) is 11.6. The molecule has 0 atom stereocenters. The lowest BCUT2D eigenvalue weighted by Crippen LogP contribution is -2.47. The molecule has 0 radical (unpaired) electrons. The third kappa shape index (κ3) is 4.17. The zero-order chi connectivity index (χ0) is 17.9. The van der Waals surface area contributed by atoms with Crippen molar-refractivity contribution >= 4 is 5.91 Å².